The molecule has 39 heavy (non-hydrogen) atoms. The fourth-order valence-electron chi connectivity index (χ4n) is 5.01. The van der Waals surface area contributed by atoms with Crippen molar-refractivity contribution in [2.24, 2.45) is 0 Å². The average Bonchev–Trinajstić information content (AvgIpc) is 3.21. The van der Waals surface area contributed by atoms with Gasteiger partial charge in [0.25, 0.3) is 5.91 Å². The molecule has 1 aromatic heterocycles. The first-order valence-corrected chi connectivity index (χ1v) is 14.9. The molecule has 2 heterocycles. The molecule has 1 atom stereocenters. The molecule has 1 aliphatic heterocycles. The zero-order valence-corrected chi connectivity index (χ0v) is 23.1. The van der Waals surface area contributed by atoms with E-state index in [0.29, 0.717) is 32.0 Å². The number of hydrogen-bond donors (Lipinski definition) is 3. The third-order valence-electron chi connectivity index (χ3n) is 7.15. The van der Waals surface area contributed by atoms with Crippen LogP contribution in [-0.2, 0) is 24.1 Å². The number of hydrogen-bond acceptors (Lipinski definition) is 5. The van der Waals surface area contributed by atoms with Crippen molar-refractivity contribution in [3.05, 3.63) is 76.9 Å². The van der Waals surface area contributed by atoms with Crippen LogP contribution in [0, 0.1) is 5.82 Å². The second-order valence-electron chi connectivity index (χ2n) is 9.64. The zero-order chi connectivity index (χ0) is 27.7. The van der Waals surface area contributed by atoms with E-state index < -0.39 is 13.2 Å². The van der Waals surface area contributed by atoms with E-state index in [0.717, 1.165) is 33.5 Å². The van der Waals surface area contributed by atoms with Crippen LogP contribution < -0.4 is 15.4 Å². The van der Waals surface area contributed by atoms with E-state index in [1.165, 1.54) is 12.1 Å². The van der Waals surface area contributed by atoms with Crippen LogP contribution in [0.1, 0.15) is 41.2 Å². The highest BCUT2D eigenvalue weighted by molar-refractivity contribution is 7.66. The van der Waals surface area contributed by atoms with Gasteiger partial charge in [-0.25, -0.2) is 9.37 Å². The summed E-state index contributed by atoms with van der Waals surface area (Å²) >= 11 is 0. The minimum atomic E-state index is -3.82. The fourth-order valence-corrected chi connectivity index (χ4v) is 6.10. The molecular weight excluding hydrogens is 518 g/mol. The molecular formula is C29H32FN4O4P. The van der Waals surface area contributed by atoms with Crippen molar-refractivity contribution in [3.63, 3.8) is 0 Å². The number of aromatic amines is 1. The summed E-state index contributed by atoms with van der Waals surface area (Å²) in [5, 5.41) is 2.87. The van der Waals surface area contributed by atoms with Gasteiger partial charge in [0.1, 0.15) is 24.0 Å². The highest BCUT2D eigenvalue weighted by Crippen LogP contribution is 2.40. The Morgan fingerprint density at radius 3 is 2.69 bits per heavy atom. The van der Waals surface area contributed by atoms with Crippen molar-refractivity contribution >= 4 is 29.6 Å². The number of nitrogens with one attached hydrogen (secondary N) is 2. The Morgan fingerprint density at radius 2 is 1.95 bits per heavy atom. The topological polar surface area (TPSA) is 108 Å². The van der Waals surface area contributed by atoms with Gasteiger partial charge in [-0.05, 0) is 61.0 Å². The highest BCUT2D eigenvalue weighted by atomic mass is 31.2. The van der Waals surface area contributed by atoms with E-state index >= 15 is 4.39 Å². The van der Waals surface area contributed by atoms with Crippen LogP contribution in [0.3, 0.4) is 0 Å². The summed E-state index contributed by atoms with van der Waals surface area (Å²) in [4.78, 5) is 33.4. The first-order valence-electron chi connectivity index (χ1n) is 13.1. The van der Waals surface area contributed by atoms with Crippen LogP contribution in [0.4, 0.5) is 4.39 Å². The van der Waals surface area contributed by atoms with E-state index in [-0.39, 0.29) is 34.9 Å². The van der Waals surface area contributed by atoms with Crippen LogP contribution in [0.25, 0.3) is 22.2 Å². The molecule has 0 saturated carbocycles. The predicted octanol–water partition coefficient (Wildman–Crippen LogP) is 4.60. The quantitative estimate of drug-likeness (QED) is 0.291. The van der Waals surface area contributed by atoms with Gasteiger partial charge in [0.15, 0.2) is 0 Å². The third kappa shape index (κ3) is 5.22. The molecule has 8 nitrogen and oxygen atoms in total. The van der Waals surface area contributed by atoms with E-state index in [9.17, 15) is 14.3 Å². The molecule has 3 aromatic carbocycles. The molecule has 1 amide bonds. The van der Waals surface area contributed by atoms with Crippen molar-refractivity contribution < 1.29 is 23.4 Å². The van der Waals surface area contributed by atoms with Gasteiger partial charge < -0.3 is 24.8 Å². The summed E-state index contributed by atoms with van der Waals surface area (Å²) in [7, 11) is -1.94. The number of carbonyl (C=O) groups excluding carboxylic acids is 1. The van der Waals surface area contributed by atoms with Crippen LogP contribution in [-0.4, -0.2) is 52.0 Å². The van der Waals surface area contributed by atoms with E-state index in [1.807, 2.05) is 37.4 Å². The number of ether oxygens (including phenoxy) is 1. The number of imidazole rings is 1. The Balaban J connectivity index is 1.45. The Morgan fingerprint density at radius 1 is 1.18 bits per heavy atom. The van der Waals surface area contributed by atoms with Crippen molar-refractivity contribution in [1.82, 2.24) is 20.2 Å². The number of carbonyl (C=O) groups is 1. The molecule has 5 rings (SSSR count). The largest absolute Gasteiger partial charge is 0.491 e. The average molecular weight is 551 g/mol. The summed E-state index contributed by atoms with van der Waals surface area (Å²) in [5.74, 6) is 0.465. The van der Waals surface area contributed by atoms with Crippen LogP contribution >= 0.6 is 7.37 Å². The second-order valence-corrected chi connectivity index (χ2v) is 12.2. The summed E-state index contributed by atoms with van der Waals surface area (Å²) in [6.07, 6.45) is 0.148. The lowest BCUT2D eigenvalue weighted by Gasteiger charge is -2.23. The minimum absolute atomic E-state index is 0.0760. The maximum atomic E-state index is 15.3. The molecule has 204 valence electrons. The van der Waals surface area contributed by atoms with Crippen LogP contribution in [0.2, 0.25) is 0 Å². The first kappa shape index (κ1) is 27.1. The number of nitrogens with zero attached hydrogens (tertiary/aromatic N) is 2. The molecule has 1 aliphatic rings. The number of H-pyrrole nitrogens is 1. The van der Waals surface area contributed by atoms with Gasteiger partial charge >= 0.3 is 0 Å². The lowest BCUT2D eigenvalue weighted by atomic mass is 10.0. The Hall–Kier alpha value is -3.52. The lowest BCUT2D eigenvalue weighted by Crippen LogP contribution is -2.33. The first-order chi connectivity index (χ1) is 18.7. The molecule has 1 unspecified atom stereocenters. The lowest BCUT2D eigenvalue weighted by molar-refractivity contribution is 0.0731. The van der Waals surface area contributed by atoms with Crippen molar-refractivity contribution in [3.8, 4) is 16.9 Å². The Bertz CT molecular complexity index is 1600. The number of fused-ring (bicyclic) bond motifs is 2. The second kappa shape index (κ2) is 10.9. The normalized spacial score (nSPS) is 14.9. The molecule has 0 saturated heterocycles. The standard InChI is InChI=1S/C29H32FN4O4P/c1-4-21-22(8-11-26(28(21)30)39(36,37)5-2)29(35)34-12-13-38-25-10-7-18(14-20(25)17-34)19-6-9-23-24(15-19)33-27(32-23)16-31-3/h6-11,14-15,31H,4-5,12-13,16-17H2,1-3H3,(H,32,33)(H,36,37). The van der Waals surface area contributed by atoms with Gasteiger partial charge in [-0.15, -0.1) is 0 Å². The van der Waals surface area contributed by atoms with Gasteiger partial charge in [-0.3, -0.25) is 9.36 Å². The van der Waals surface area contributed by atoms with Crippen molar-refractivity contribution in [1.29, 1.82) is 0 Å². The van der Waals surface area contributed by atoms with Gasteiger partial charge in [0.05, 0.1) is 29.4 Å². The van der Waals surface area contributed by atoms with E-state index in [1.54, 1.807) is 18.7 Å². The van der Waals surface area contributed by atoms with E-state index in [2.05, 4.69) is 21.4 Å². The minimum Gasteiger partial charge on any atom is -0.491 e. The van der Waals surface area contributed by atoms with Gasteiger partial charge in [-0.1, -0.05) is 26.0 Å². The predicted molar refractivity (Wildman–Crippen MR) is 150 cm³/mol. The molecule has 0 aliphatic carbocycles. The SMILES string of the molecule is CCc1c(C(=O)N2CCOc3ccc(-c4ccc5nc(CNC)[nH]c5c4)cc3C2)ccc(P(=O)(O)CC)c1F. The molecule has 4 aromatic rings. The molecule has 0 fully saturated rings. The summed E-state index contributed by atoms with van der Waals surface area (Å²) < 4.78 is 33.8. The monoisotopic (exact) mass is 550 g/mol. The fraction of sp³-hybridized carbons (Fsp3) is 0.310. The molecule has 0 bridgehead atoms. The number of halogens is 1. The maximum absolute atomic E-state index is 15.3. The number of benzene rings is 3. The van der Waals surface area contributed by atoms with Crippen LogP contribution in [0.15, 0.2) is 48.5 Å². The van der Waals surface area contributed by atoms with Gasteiger partial charge in [0.2, 0.25) is 7.37 Å². The summed E-state index contributed by atoms with van der Waals surface area (Å²) in [6, 6.07) is 14.7. The Kier molecular flexibility index (Phi) is 7.58. The number of rotatable bonds is 7. The van der Waals surface area contributed by atoms with Crippen LogP contribution in [0.5, 0.6) is 5.75 Å². The highest BCUT2D eigenvalue weighted by Gasteiger charge is 2.29. The maximum Gasteiger partial charge on any atom is 0.254 e. The Labute approximate surface area is 226 Å². The number of aromatic nitrogens is 2. The summed E-state index contributed by atoms with van der Waals surface area (Å²) in [6.45, 7) is 4.85. The molecule has 10 heteroatoms. The van der Waals surface area contributed by atoms with Crippen molar-refractivity contribution in [2.75, 3.05) is 26.4 Å². The van der Waals surface area contributed by atoms with Gasteiger partial charge in [-0.2, -0.15) is 0 Å². The smallest absolute Gasteiger partial charge is 0.254 e. The molecule has 0 spiro atoms. The van der Waals surface area contributed by atoms with E-state index in [4.69, 9.17) is 4.74 Å². The molecule has 3 N–H and O–H groups in total. The zero-order valence-electron chi connectivity index (χ0n) is 22.3. The van der Waals surface area contributed by atoms with Crippen molar-refractivity contribution in [2.45, 2.75) is 33.4 Å². The van der Waals surface area contributed by atoms with Gasteiger partial charge in [0, 0.05) is 29.4 Å². The summed E-state index contributed by atoms with van der Waals surface area (Å²) in [5.41, 5.74) is 5.01. The molecule has 0 radical (unpaired) electrons. The third-order valence-corrected chi connectivity index (χ3v) is 9.10. The number of amides is 1.